The topological polar surface area (TPSA) is 76.3 Å². The number of nitrogens with zero attached hydrogens (tertiary/aromatic N) is 1. The minimum Gasteiger partial charge on any atom is -0.508 e. The van der Waals surface area contributed by atoms with Gasteiger partial charge < -0.3 is 15.5 Å². The van der Waals surface area contributed by atoms with Gasteiger partial charge >= 0.3 is 0 Å². The second-order valence-electron chi connectivity index (χ2n) is 4.68. The molecule has 102 valence electrons. The highest BCUT2D eigenvalue weighted by Crippen LogP contribution is 2.27. The van der Waals surface area contributed by atoms with Crippen LogP contribution in [0.5, 0.6) is 11.5 Å². The fraction of sp³-hybridized carbons (Fsp3) is 0.188. The summed E-state index contributed by atoms with van der Waals surface area (Å²) in [6.07, 6.45) is 0.399. The van der Waals surface area contributed by atoms with Crippen molar-refractivity contribution in [3.05, 3.63) is 53.6 Å². The molecule has 0 radical (unpaired) electrons. The number of hydrogen-bond acceptors (Lipinski definition) is 4. The van der Waals surface area contributed by atoms with Gasteiger partial charge in [-0.2, -0.15) is 5.26 Å². The van der Waals surface area contributed by atoms with E-state index < -0.39 is 0 Å². The van der Waals surface area contributed by atoms with Gasteiger partial charge in [0, 0.05) is 17.8 Å². The number of phenolic OH excluding ortho intramolecular Hbond substituents is 2. The third-order valence-corrected chi connectivity index (χ3v) is 3.05. The molecular formula is C16H16N2O2. The van der Waals surface area contributed by atoms with Gasteiger partial charge in [0.25, 0.3) is 0 Å². The molecule has 0 aromatic heterocycles. The summed E-state index contributed by atoms with van der Waals surface area (Å²) in [6, 6.07) is 14.2. The van der Waals surface area contributed by atoms with Gasteiger partial charge in [-0.1, -0.05) is 12.1 Å². The highest BCUT2D eigenvalue weighted by Gasteiger charge is 2.08. The molecule has 0 heterocycles. The lowest BCUT2D eigenvalue weighted by molar-refractivity contribution is 0.448. The zero-order chi connectivity index (χ0) is 14.5. The maximum absolute atomic E-state index is 9.49. The van der Waals surface area contributed by atoms with E-state index in [9.17, 15) is 10.2 Å². The van der Waals surface area contributed by atoms with Crippen LogP contribution in [0.3, 0.4) is 0 Å². The number of benzene rings is 2. The molecule has 0 saturated heterocycles. The Morgan fingerprint density at radius 2 is 1.70 bits per heavy atom. The van der Waals surface area contributed by atoms with Crippen molar-refractivity contribution in [3.8, 4) is 17.6 Å². The number of aromatic hydroxyl groups is 2. The first-order valence-corrected chi connectivity index (χ1v) is 6.34. The molecule has 1 atom stereocenters. The van der Waals surface area contributed by atoms with Crippen molar-refractivity contribution in [2.75, 3.05) is 5.32 Å². The Hall–Kier alpha value is -2.67. The van der Waals surface area contributed by atoms with Crippen molar-refractivity contribution in [1.29, 1.82) is 5.26 Å². The summed E-state index contributed by atoms with van der Waals surface area (Å²) in [5, 5.41) is 30.9. The number of nitrogens with one attached hydrogen (secondary N) is 1. The Morgan fingerprint density at radius 3 is 2.25 bits per heavy atom. The molecule has 0 bridgehead atoms. The number of rotatable bonds is 4. The average molecular weight is 268 g/mol. The minimum absolute atomic E-state index is 0.0398. The lowest BCUT2D eigenvalue weighted by Gasteiger charge is -2.16. The minimum atomic E-state index is -0.0604. The number of anilines is 1. The van der Waals surface area contributed by atoms with Gasteiger partial charge in [-0.3, -0.25) is 0 Å². The Morgan fingerprint density at radius 1 is 1.10 bits per heavy atom. The van der Waals surface area contributed by atoms with Crippen molar-refractivity contribution in [2.45, 2.75) is 19.4 Å². The lowest BCUT2D eigenvalue weighted by Crippen LogP contribution is -2.06. The third kappa shape index (κ3) is 3.42. The van der Waals surface area contributed by atoms with E-state index in [1.165, 1.54) is 6.07 Å². The van der Waals surface area contributed by atoms with Crippen molar-refractivity contribution in [3.63, 3.8) is 0 Å². The first kappa shape index (κ1) is 13.8. The van der Waals surface area contributed by atoms with Crippen LogP contribution in [0.2, 0.25) is 0 Å². The highest BCUT2D eigenvalue weighted by molar-refractivity contribution is 5.48. The van der Waals surface area contributed by atoms with Gasteiger partial charge in [0.2, 0.25) is 0 Å². The van der Waals surface area contributed by atoms with Gasteiger partial charge in [0.1, 0.15) is 11.5 Å². The van der Waals surface area contributed by atoms with Crippen LogP contribution >= 0.6 is 0 Å². The predicted molar refractivity (Wildman–Crippen MR) is 77.6 cm³/mol. The molecular weight excluding hydrogens is 252 g/mol. The molecule has 4 nitrogen and oxygen atoms in total. The molecule has 0 aliphatic carbocycles. The summed E-state index contributed by atoms with van der Waals surface area (Å²) >= 11 is 0. The monoisotopic (exact) mass is 268 g/mol. The Labute approximate surface area is 117 Å². The van der Waals surface area contributed by atoms with Gasteiger partial charge in [-0.15, -0.1) is 0 Å². The molecule has 2 aromatic carbocycles. The van der Waals surface area contributed by atoms with Crippen LogP contribution in [0.25, 0.3) is 0 Å². The summed E-state index contributed by atoms with van der Waals surface area (Å²) < 4.78 is 0. The summed E-state index contributed by atoms with van der Waals surface area (Å²) in [7, 11) is 0. The Kier molecular flexibility index (Phi) is 4.11. The van der Waals surface area contributed by atoms with E-state index >= 15 is 0 Å². The molecule has 0 aliphatic heterocycles. The summed E-state index contributed by atoms with van der Waals surface area (Å²) in [5.41, 5.74) is 2.69. The average Bonchev–Trinajstić information content (AvgIpc) is 2.40. The first-order chi connectivity index (χ1) is 9.58. The van der Waals surface area contributed by atoms with Crippen LogP contribution in [0.1, 0.15) is 24.1 Å². The van der Waals surface area contributed by atoms with Gasteiger partial charge in [0.15, 0.2) is 0 Å². The maximum Gasteiger partial charge on any atom is 0.119 e. The van der Waals surface area contributed by atoms with E-state index in [1.54, 1.807) is 12.1 Å². The standard InChI is InChI=1S/C16H16N2O2/c1-11(13-8-15(19)10-16(20)9-13)18-14-4-2-12(3-5-14)6-7-17/h2-5,8-11,18-20H,6H2,1H3. The smallest absolute Gasteiger partial charge is 0.119 e. The van der Waals surface area contributed by atoms with E-state index in [0.717, 1.165) is 16.8 Å². The predicted octanol–water partition coefficient (Wildman–Crippen LogP) is 3.34. The SMILES string of the molecule is CC(Nc1ccc(CC#N)cc1)c1cc(O)cc(O)c1. The molecule has 2 aromatic rings. The molecule has 0 saturated carbocycles. The number of phenols is 2. The zero-order valence-electron chi connectivity index (χ0n) is 11.2. The molecule has 2 rings (SSSR count). The molecule has 0 fully saturated rings. The van der Waals surface area contributed by atoms with Gasteiger partial charge in [-0.25, -0.2) is 0 Å². The van der Waals surface area contributed by atoms with Crippen LogP contribution < -0.4 is 5.32 Å². The molecule has 0 spiro atoms. The normalized spacial score (nSPS) is 11.6. The molecule has 4 heteroatoms. The summed E-state index contributed by atoms with van der Waals surface area (Å²) in [5.74, 6) is 0.0797. The van der Waals surface area contributed by atoms with E-state index in [4.69, 9.17) is 5.26 Å². The quantitative estimate of drug-likeness (QED) is 0.795. The van der Waals surface area contributed by atoms with Crippen molar-refractivity contribution >= 4 is 5.69 Å². The molecule has 0 aliphatic rings. The zero-order valence-corrected chi connectivity index (χ0v) is 11.2. The van der Waals surface area contributed by atoms with E-state index in [1.807, 2.05) is 31.2 Å². The maximum atomic E-state index is 9.49. The van der Waals surface area contributed by atoms with Crippen LogP contribution in [0, 0.1) is 11.3 Å². The van der Waals surface area contributed by atoms with Crippen LogP contribution in [0.15, 0.2) is 42.5 Å². The summed E-state index contributed by atoms with van der Waals surface area (Å²) in [4.78, 5) is 0. The fourth-order valence-electron chi connectivity index (χ4n) is 2.01. The van der Waals surface area contributed by atoms with Crippen molar-refractivity contribution in [1.82, 2.24) is 0 Å². The van der Waals surface area contributed by atoms with Crippen LogP contribution in [-0.4, -0.2) is 10.2 Å². The van der Waals surface area contributed by atoms with E-state index in [2.05, 4.69) is 11.4 Å². The van der Waals surface area contributed by atoms with Crippen LogP contribution in [-0.2, 0) is 6.42 Å². The third-order valence-electron chi connectivity index (χ3n) is 3.05. The molecule has 1 unspecified atom stereocenters. The van der Waals surface area contributed by atoms with E-state index in [-0.39, 0.29) is 17.5 Å². The number of nitriles is 1. The summed E-state index contributed by atoms with van der Waals surface area (Å²) in [6.45, 7) is 1.94. The number of hydrogen-bond donors (Lipinski definition) is 3. The van der Waals surface area contributed by atoms with E-state index in [0.29, 0.717) is 6.42 Å². The lowest BCUT2D eigenvalue weighted by atomic mass is 10.1. The molecule has 3 N–H and O–H groups in total. The second-order valence-corrected chi connectivity index (χ2v) is 4.68. The molecule has 0 amide bonds. The Bertz CT molecular complexity index is 610. The van der Waals surface area contributed by atoms with Crippen LogP contribution in [0.4, 0.5) is 5.69 Å². The second kappa shape index (κ2) is 5.98. The van der Waals surface area contributed by atoms with Gasteiger partial charge in [-0.05, 0) is 42.3 Å². The first-order valence-electron chi connectivity index (χ1n) is 6.34. The van der Waals surface area contributed by atoms with Crippen molar-refractivity contribution < 1.29 is 10.2 Å². The fourth-order valence-corrected chi connectivity index (χ4v) is 2.01. The Balaban J connectivity index is 2.10. The van der Waals surface area contributed by atoms with Crippen molar-refractivity contribution in [2.24, 2.45) is 0 Å². The van der Waals surface area contributed by atoms with Gasteiger partial charge in [0.05, 0.1) is 12.5 Å². The molecule has 20 heavy (non-hydrogen) atoms. The highest BCUT2D eigenvalue weighted by atomic mass is 16.3. The largest absolute Gasteiger partial charge is 0.508 e.